The first-order valence-electron chi connectivity index (χ1n) is 5.99. The first kappa shape index (κ1) is 15.4. The summed E-state index contributed by atoms with van der Waals surface area (Å²) in [6.07, 6.45) is 1.48. The van der Waals surface area contributed by atoms with Crippen LogP contribution in [0.3, 0.4) is 0 Å². The van der Waals surface area contributed by atoms with E-state index in [1.54, 1.807) is 18.2 Å². The molecule has 1 rings (SSSR count). The lowest BCUT2D eigenvalue weighted by molar-refractivity contribution is -0.136. The number of hydrogen-bond donors (Lipinski definition) is 2. The highest BCUT2D eigenvalue weighted by molar-refractivity contribution is 9.10. The largest absolute Gasteiger partial charge is 0.329 e. The minimum Gasteiger partial charge on any atom is -0.317 e. The average Bonchev–Trinajstić information content (AvgIpc) is 2.42. The van der Waals surface area contributed by atoms with Gasteiger partial charge in [-0.15, -0.1) is 0 Å². The Morgan fingerprint density at radius 2 is 1.79 bits per heavy atom. The van der Waals surface area contributed by atoms with Crippen molar-refractivity contribution in [1.82, 2.24) is 5.43 Å². The molecule has 102 valence electrons. The Morgan fingerprint density at radius 1 is 1.16 bits per heavy atom. The van der Waals surface area contributed by atoms with E-state index in [0.717, 1.165) is 18.6 Å². The SMILES string of the molecule is CCC(CC)=NNC(=O)C(=O)Nc1ccccc1Br. The van der Waals surface area contributed by atoms with Crippen LogP contribution in [0.25, 0.3) is 0 Å². The molecule has 5 nitrogen and oxygen atoms in total. The molecule has 1 aromatic carbocycles. The molecule has 1 aromatic rings. The van der Waals surface area contributed by atoms with Gasteiger partial charge in [-0.25, -0.2) is 5.43 Å². The van der Waals surface area contributed by atoms with Crippen LogP contribution < -0.4 is 10.7 Å². The number of nitrogens with one attached hydrogen (secondary N) is 2. The molecule has 0 heterocycles. The van der Waals surface area contributed by atoms with Crippen molar-refractivity contribution in [2.45, 2.75) is 26.7 Å². The minimum absolute atomic E-state index is 0.540. The van der Waals surface area contributed by atoms with E-state index in [1.807, 2.05) is 19.9 Å². The lowest BCUT2D eigenvalue weighted by atomic mass is 10.2. The van der Waals surface area contributed by atoms with Crippen molar-refractivity contribution >= 4 is 39.1 Å². The van der Waals surface area contributed by atoms with Crippen LogP contribution in [-0.4, -0.2) is 17.5 Å². The maximum atomic E-state index is 11.6. The second-order valence-corrected chi connectivity index (χ2v) is 4.61. The number of hydrazone groups is 1. The van der Waals surface area contributed by atoms with Crippen LogP contribution in [0.5, 0.6) is 0 Å². The van der Waals surface area contributed by atoms with Crippen molar-refractivity contribution in [2.24, 2.45) is 5.10 Å². The summed E-state index contributed by atoms with van der Waals surface area (Å²) >= 11 is 3.28. The van der Waals surface area contributed by atoms with Gasteiger partial charge in [0.05, 0.1) is 5.69 Å². The van der Waals surface area contributed by atoms with Crippen LogP contribution in [-0.2, 0) is 9.59 Å². The number of para-hydroxylation sites is 1. The van der Waals surface area contributed by atoms with Gasteiger partial charge in [-0.1, -0.05) is 26.0 Å². The minimum atomic E-state index is -0.782. The zero-order chi connectivity index (χ0) is 14.3. The number of carbonyl (C=O) groups excluding carboxylic acids is 2. The monoisotopic (exact) mass is 325 g/mol. The summed E-state index contributed by atoms with van der Waals surface area (Å²) in [7, 11) is 0. The fourth-order valence-electron chi connectivity index (χ4n) is 1.33. The highest BCUT2D eigenvalue weighted by Crippen LogP contribution is 2.20. The lowest BCUT2D eigenvalue weighted by Gasteiger charge is -2.06. The Balaban J connectivity index is 2.62. The topological polar surface area (TPSA) is 70.6 Å². The van der Waals surface area contributed by atoms with E-state index in [1.165, 1.54) is 0 Å². The lowest BCUT2D eigenvalue weighted by Crippen LogP contribution is -2.33. The van der Waals surface area contributed by atoms with Crippen LogP contribution >= 0.6 is 15.9 Å². The van der Waals surface area contributed by atoms with Crippen molar-refractivity contribution in [3.63, 3.8) is 0 Å². The Morgan fingerprint density at radius 3 is 2.37 bits per heavy atom. The fourth-order valence-corrected chi connectivity index (χ4v) is 1.71. The molecule has 2 amide bonds. The first-order chi connectivity index (χ1) is 9.08. The van der Waals surface area contributed by atoms with Gasteiger partial charge in [0, 0.05) is 10.2 Å². The standard InChI is InChI=1S/C13H16BrN3O2/c1-3-9(4-2)16-17-13(19)12(18)15-11-8-6-5-7-10(11)14/h5-8H,3-4H2,1-2H3,(H,15,18)(H,17,19). The molecule has 0 saturated heterocycles. The molecule has 0 aliphatic heterocycles. The number of hydrogen-bond acceptors (Lipinski definition) is 3. The Bertz CT molecular complexity index is 494. The van der Waals surface area contributed by atoms with Crippen molar-refractivity contribution in [3.05, 3.63) is 28.7 Å². The van der Waals surface area contributed by atoms with E-state index in [9.17, 15) is 9.59 Å². The second kappa shape index (κ2) is 7.68. The average molecular weight is 326 g/mol. The number of benzene rings is 1. The quantitative estimate of drug-likeness (QED) is 0.507. The molecule has 0 atom stereocenters. The first-order valence-corrected chi connectivity index (χ1v) is 6.79. The number of carbonyl (C=O) groups is 2. The van der Waals surface area contributed by atoms with Crippen LogP contribution in [0.2, 0.25) is 0 Å². The third-order valence-corrected chi connectivity index (χ3v) is 3.15. The summed E-state index contributed by atoms with van der Waals surface area (Å²) in [6, 6.07) is 7.06. The zero-order valence-electron chi connectivity index (χ0n) is 10.9. The molecule has 0 aliphatic carbocycles. The van der Waals surface area contributed by atoms with Gasteiger partial charge in [-0.2, -0.15) is 5.10 Å². The highest BCUT2D eigenvalue weighted by Gasteiger charge is 2.14. The molecule has 0 saturated carbocycles. The van der Waals surface area contributed by atoms with Gasteiger partial charge in [0.1, 0.15) is 0 Å². The summed E-state index contributed by atoms with van der Waals surface area (Å²) in [6.45, 7) is 3.88. The van der Waals surface area contributed by atoms with E-state index < -0.39 is 11.8 Å². The molecular formula is C13H16BrN3O2. The van der Waals surface area contributed by atoms with Gasteiger partial charge in [-0.05, 0) is 40.9 Å². The smallest absolute Gasteiger partial charge is 0.317 e. The van der Waals surface area contributed by atoms with Gasteiger partial charge in [0.15, 0.2) is 0 Å². The molecule has 0 spiro atoms. The molecule has 0 aromatic heterocycles. The number of nitrogens with zero attached hydrogens (tertiary/aromatic N) is 1. The molecule has 0 aliphatic rings. The number of amides is 2. The van der Waals surface area contributed by atoms with E-state index in [0.29, 0.717) is 10.2 Å². The molecule has 0 radical (unpaired) electrons. The maximum Gasteiger partial charge on any atom is 0.329 e. The van der Waals surface area contributed by atoms with Crippen LogP contribution in [0.15, 0.2) is 33.8 Å². The predicted molar refractivity (Wildman–Crippen MR) is 78.9 cm³/mol. The van der Waals surface area contributed by atoms with Crippen molar-refractivity contribution in [1.29, 1.82) is 0 Å². The van der Waals surface area contributed by atoms with Gasteiger partial charge >= 0.3 is 11.8 Å². The fraction of sp³-hybridized carbons (Fsp3) is 0.308. The van der Waals surface area contributed by atoms with E-state index >= 15 is 0 Å². The van der Waals surface area contributed by atoms with Crippen molar-refractivity contribution in [3.8, 4) is 0 Å². The van der Waals surface area contributed by atoms with Gasteiger partial charge in [0.2, 0.25) is 0 Å². The van der Waals surface area contributed by atoms with E-state index in [4.69, 9.17) is 0 Å². The van der Waals surface area contributed by atoms with Gasteiger partial charge in [0.25, 0.3) is 0 Å². The highest BCUT2D eigenvalue weighted by atomic mass is 79.9. The predicted octanol–water partition coefficient (Wildman–Crippen LogP) is 2.68. The molecule has 2 N–H and O–H groups in total. The summed E-state index contributed by atoms with van der Waals surface area (Å²) in [5, 5.41) is 6.39. The van der Waals surface area contributed by atoms with Crippen molar-refractivity contribution in [2.75, 3.05) is 5.32 Å². The number of rotatable bonds is 4. The Labute approximate surface area is 120 Å². The number of halogens is 1. The molecule has 0 fully saturated rings. The van der Waals surface area contributed by atoms with Gasteiger partial charge in [-0.3, -0.25) is 9.59 Å². The summed E-state index contributed by atoms with van der Waals surface area (Å²) in [5.74, 6) is -1.53. The van der Waals surface area contributed by atoms with E-state index in [-0.39, 0.29) is 0 Å². The van der Waals surface area contributed by atoms with Crippen molar-refractivity contribution < 1.29 is 9.59 Å². The summed E-state index contributed by atoms with van der Waals surface area (Å²) in [5.41, 5.74) is 3.62. The molecule has 0 bridgehead atoms. The third kappa shape index (κ3) is 4.82. The van der Waals surface area contributed by atoms with E-state index in [2.05, 4.69) is 31.8 Å². The molecule has 19 heavy (non-hydrogen) atoms. The Hall–Kier alpha value is -1.69. The van der Waals surface area contributed by atoms with Gasteiger partial charge < -0.3 is 5.32 Å². The number of anilines is 1. The molecule has 0 unspecified atom stereocenters. The second-order valence-electron chi connectivity index (χ2n) is 3.76. The Kier molecular flexibility index (Phi) is 6.21. The van der Waals surface area contributed by atoms with Crippen LogP contribution in [0.1, 0.15) is 26.7 Å². The summed E-state index contributed by atoms with van der Waals surface area (Å²) in [4.78, 5) is 23.2. The maximum absolute atomic E-state index is 11.6. The molecular weight excluding hydrogens is 310 g/mol. The normalized spacial score (nSPS) is 9.63. The van der Waals surface area contributed by atoms with Crippen LogP contribution in [0.4, 0.5) is 5.69 Å². The summed E-state index contributed by atoms with van der Waals surface area (Å²) < 4.78 is 0.711. The third-order valence-electron chi connectivity index (χ3n) is 2.46. The zero-order valence-corrected chi connectivity index (χ0v) is 12.5. The van der Waals surface area contributed by atoms with Crippen LogP contribution in [0, 0.1) is 0 Å². The molecule has 6 heteroatoms.